The fourth-order valence-electron chi connectivity index (χ4n) is 2.24. The van der Waals surface area contributed by atoms with Crippen LogP contribution in [0.4, 0.5) is 0 Å². The molecule has 0 bridgehead atoms. The molecule has 0 aliphatic carbocycles. The van der Waals surface area contributed by atoms with Gasteiger partial charge < -0.3 is 15.4 Å². The molecule has 2 N–H and O–H groups in total. The van der Waals surface area contributed by atoms with Crippen molar-refractivity contribution in [1.29, 1.82) is 0 Å². The summed E-state index contributed by atoms with van der Waals surface area (Å²) in [5, 5.41) is 6.08. The monoisotopic (exact) mass is 308 g/mol. The molecule has 2 unspecified atom stereocenters. The Morgan fingerprint density at radius 2 is 2.19 bits per heavy atom. The van der Waals surface area contributed by atoms with Crippen molar-refractivity contribution in [3.05, 3.63) is 35.9 Å². The van der Waals surface area contributed by atoms with Crippen LogP contribution in [0.1, 0.15) is 18.0 Å². The molecule has 1 fully saturated rings. The van der Waals surface area contributed by atoms with E-state index in [4.69, 9.17) is 4.74 Å². The highest BCUT2D eigenvalue weighted by molar-refractivity contribution is 7.99. The third-order valence-corrected chi connectivity index (χ3v) is 4.44. The van der Waals surface area contributed by atoms with E-state index in [0.717, 1.165) is 23.6 Å². The Bertz CT molecular complexity index is 475. The molecule has 1 amide bonds. The quantitative estimate of drug-likeness (QED) is 0.798. The third kappa shape index (κ3) is 4.75. The normalized spacial score (nSPS) is 19.6. The first-order chi connectivity index (χ1) is 10.2. The van der Waals surface area contributed by atoms with Crippen molar-refractivity contribution in [2.75, 3.05) is 25.2 Å². The van der Waals surface area contributed by atoms with Crippen LogP contribution in [-0.2, 0) is 14.3 Å². The molecule has 1 heterocycles. The van der Waals surface area contributed by atoms with Gasteiger partial charge in [-0.2, -0.15) is 11.8 Å². The predicted molar refractivity (Wildman–Crippen MR) is 83.1 cm³/mol. The van der Waals surface area contributed by atoms with Gasteiger partial charge in [-0.1, -0.05) is 30.3 Å². The van der Waals surface area contributed by atoms with Gasteiger partial charge in [0.1, 0.15) is 0 Å². The van der Waals surface area contributed by atoms with Crippen molar-refractivity contribution in [1.82, 2.24) is 10.6 Å². The fourth-order valence-corrected chi connectivity index (χ4v) is 3.19. The average Bonchev–Trinajstić information content (AvgIpc) is 2.53. The number of thioether (sulfide) groups is 1. The second kappa shape index (κ2) is 8.05. The van der Waals surface area contributed by atoms with Crippen molar-refractivity contribution >= 4 is 23.6 Å². The van der Waals surface area contributed by atoms with E-state index in [0.29, 0.717) is 6.42 Å². The fraction of sp³-hybridized carbons (Fsp3) is 0.467. The lowest BCUT2D eigenvalue weighted by Gasteiger charge is -2.24. The smallest absolute Gasteiger partial charge is 0.333 e. The van der Waals surface area contributed by atoms with Crippen LogP contribution in [0.2, 0.25) is 0 Å². The van der Waals surface area contributed by atoms with Gasteiger partial charge >= 0.3 is 5.97 Å². The van der Waals surface area contributed by atoms with E-state index in [-0.39, 0.29) is 11.9 Å². The largest absolute Gasteiger partial charge is 0.467 e. The standard InChI is InChI=1S/C15H20N2O3S/c1-20-15(19)14(11-5-3-2-4-6-11)17-13(18)9-12-10-21-8-7-16-12/h2-6,12,14,16H,7-10H2,1H3,(H,17,18). The maximum Gasteiger partial charge on any atom is 0.333 e. The molecular weight excluding hydrogens is 288 g/mol. The van der Waals surface area contributed by atoms with Gasteiger partial charge in [0.15, 0.2) is 6.04 Å². The van der Waals surface area contributed by atoms with E-state index >= 15 is 0 Å². The molecule has 1 aromatic rings. The summed E-state index contributed by atoms with van der Waals surface area (Å²) in [5.74, 6) is 1.39. The molecule has 1 saturated heterocycles. The van der Waals surface area contributed by atoms with Crippen LogP contribution in [0.25, 0.3) is 0 Å². The van der Waals surface area contributed by atoms with E-state index in [1.807, 2.05) is 30.0 Å². The number of carbonyl (C=O) groups excluding carboxylic acids is 2. The van der Waals surface area contributed by atoms with Crippen LogP contribution in [0, 0.1) is 0 Å². The lowest BCUT2D eigenvalue weighted by Crippen LogP contribution is -2.43. The van der Waals surface area contributed by atoms with E-state index in [1.54, 1.807) is 12.1 Å². The molecule has 114 valence electrons. The molecule has 5 nitrogen and oxygen atoms in total. The Labute approximate surface area is 128 Å². The van der Waals surface area contributed by atoms with Crippen molar-refractivity contribution in [2.24, 2.45) is 0 Å². The van der Waals surface area contributed by atoms with Crippen molar-refractivity contribution in [3.63, 3.8) is 0 Å². The van der Waals surface area contributed by atoms with Gasteiger partial charge in [-0.15, -0.1) is 0 Å². The van der Waals surface area contributed by atoms with Crippen LogP contribution in [-0.4, -0.2) is 43.1 Å². The highest BCUT2D eigenvalue weighted by atomic mass is 32.2. The number of ether oxygens (including phenoxy) is 1. The number of esters is 1. The molecule has 1 aromatic carbocycles. The molecule has 0 saturated carbocycles. The Balaban J connectivity index is 1.98. The first-order valence-electron chi connectivity index (χ1n) is 6.94. The van der Waals surface area contributed by atoms with Crippen molar-refractivity contribution < 1.29 is 14.3 Å². The summed E-state index contributed by atoms with van der Waals surface area (Å²) in [4.78, 5) is 24.0. The molecule has 2 atom stereocenters. The van der Waals surface area contributed by atoms with Crippen LogP contribution < -0.4 is 10.6 Å². The lowest BCUT2D eigenvalue weighted by molar-refractivity contribution is -0.145. The number of benzene rings is 1. The van der Waals surface area contributed by atoms with Gasteiger partial charge in [0.05, 0.1) is 7.11 Å². The lowest BCUT2D eigenvalue weighted by atomic mass is 10.1. The summed E-state index contributed by atoms with van der Waals surface area (Å²) in [5.41, 5.74) is 0.726. The Kier molecular flexibility index (Phi) is 6.07. The third-order valence-electron chi connectivity index (χ3n) is 3.31. The first kappa shape index (κ1) is 15.9. The number of rotatable bonds is 5. The zero-order chi connectivity index (χ0) is 15.1. The van der Waals surface area contributed by atoms with Gasteiger partial charge in [-0.25, -0.2) is 4.79 Å². The van der Waals surface area contributed by atoms with Crippen molar-refractivity contribution in [3.8, 4) is 0 Å². The maximum absolute atomic E-state index is 12.1. The molecule has 2 rings (SSSR count). The zero-order valence-corrected chi connectivity index (χ0v) is 12.8. The highest BCUT2D eigenvalue weighted by Crippen LogP contribution is 2.15. The molecule has 0 radical (unpaired) electrons. The number of hydrogen-bond donors (Lipinski definition) is 2. The second-order valence-electron chi connectivity index (χ2n) is 4.86. The number of carbonyl (C=O) groups is 2. The van der Waals surface area contributed by atoms with E-state index < -0.39 is 12.0 Å². The van der Waals surface area contributed by atoms with Crippen LogP contribution in [0.5, 0.6) is 0 Å². The number of nitrogens with one attached hydrogen (secondary N) is 2. The molecule has 1 aliphatic heterocycles. The second-order valence-corrected chi connectivity index (χ2v) is 6.01. The Morgan fingerprint density at radius 3 is 2.81 bits per heavy atom. The minimum atomic E-state index is -0.750. The van der Waals surface area contributed by atoms with Crippen LogP contribution in [0.15, 0.2) is 30.3 Å². The molecule has 21 heavy (non-hydrogen) atoms. The summed E-state index contributed by atoms with van der Waals surface area (Å²) in [6.07, 6.45) is 0.368. The Hall–Kier alpha value is -1.53. The van der Waals surface area contributed by atoms with Gasteiger partial charge in [0.2, 0.25) is 5.91 Å². The SMILES string of the molecule is COC(=O)C(NC(=O)CC1CSCCN1)c1ccccc1. The van der Waals surface area contributed by atoms with E-state index in [9.17, 15) is 9.59 Å². The van der Waals surface area contributed by atoms with Gasteiger partial charge in [0.25, 0.3) is 0 Å². The van der Waals surface area contributed by atoms with Gasteiger partial charge in [0, 0.05) is 30.5 Å². The summed E-state index contributed by atoms with van der Waals surface area (Å²) >= 11 is 1.84. The summed E-state index contributed by atoms with van der Waals surface area (Å²) < 4.78 is 4.78. The summed E-state index contributed by atoms with van der Waals surface area (Å²) in [6, 6.07) is 8.54. The topological polar surface area (TPSA) is 67.4 Å². The first-order valence-corrected chi connectivity index (χ1v) is 8.09. The summed E-state index contributed by atoms with van der Waals surface area (Å²) in [6.45, 7) is 0.918. The van der Waals surface area contributed by atoms with E-state index in [1.165, 1.54) is 7.11 Å². The Morgan fingerprint density at radius 1 is 1.43 bits per heavy atom. The van der Waals surface area contributed by atoms with E-state index in [2.05, 4.69) is 10.6 Å². The summed E-state index contributed by atoms with van der Waals surface area (Å²) in [7, 11) is 1.32. The molecule has 6 heteroatoms. The number of amides is 1. The predicted octanol–water partition coefficient (Wildman–Crippen LogP) is 1.11. The number of hydrogen-bond acceptors (Lipinski definition) is 5. The van der Waals surface area contributed by atoms with Crippen molar-refractivity contribution in [2.45, 2.75) is 18.5 Å². The molecular formula is C15H20N2O3S. The van der Waals surface area contributed by atoms with Gasteiger partial charge in [-0.3, -0.25) is 4.79 Å². The minimum Gasteiger partial charge on any atom is -0.467 e. The molecule has 1 aliphatic rings. The zero-order valence-electron chi connectivity index (χ0n) is 12.0. The van der Waals surface area contributed by atoms with Gasteiger partial charge in [-0.05, 0) is 5.56 Å². The molecule has 0 aromatic heterocycles. The van der Waals surface area contributed by atoms with Crippen LogP contribution >= 0.6 is 11.8 Å². The number of methoxy groups -OCH3 is 1. The average molecular weight is 308 g/mol. The highest BCUT2D eigenvalue weighted by Gasteiger charge is 2.25. The minimum absolute atomic E-state index is 0.144. The maximum atomic E-state index is 12.1. The molecule has 0 spiro atoms. The van der Waals surface area contributed by atoms with Crippen LogP contribution in [0.3, 0.4) is 0 Å².